The van der Waals surface area contributed by atoms with Gasteiger partial charge in [0.25, 0.3) is 0 Å². The number of hydrogen-bond donors (Lipinski definition) is 0. The molecule has 0 saturated heterocycles. The summed E-state index contributed by atoms with van der Waals surface area (Å²) >= 11 is 0. The van der Waals surface area contributed by atoms with Gasteiger partial charge in [0.05, 0.1) is 32.3 Å². The van der Waals surface area contributed by atoms with Gasteiger partial charge in [0.1, 0.15) is 13.2 Å². The lowest BCUT2D eigenvalue weighted by Gasteiger charge is -2.13. The van der Waals surface area contributed by atoms with Crippen LogP contribution in [0.5, 0.6) is 0 Å². The smallest absolute Gasteiger partial charge is 0.308 e. The second kappa shape index (κ2) is 18.6. The van der Waals surface area contributed by atoms with Gasteiger partial charge in [-0.1, -0.05) is 46.5 Å². The minimum atomic E-state index is -0.163. The molecule has 6 heteroatoms. The van der Waals surface area contributed by atoms with Crippen LogP contribution in [-0.2, 0) is 28.5 Å². The number of hydrogen-bond acceptors (Lipinski definition) is 6. The van der Waals surface area contributed by atoms with Crippen molar-refractivity contribution in [3.8, 4) is 0 Å². The Kier molecular flexibility index (Phi) is 17.8. The molecule has 0 N–H and O–H groups in total. The molecule has 0 aromatic carbocycles. The van der Waals surface area contributed by atoms with Crippen LogP contribution >= 0.6 is 0 Å². The number of ether oxygens (including phenoxy) is 4. The van der Waals surface area contributed by atoms with Gasteiger partial charge in [-0.15, -0.1) is 0 Å². The van der Waals surface area contributed by atoms with E-state index in [1.54, 1.807) is 0 Å². The molecule has 0 aliphatic heterocycles. The van der Waals surface area contributed by atoms with Crippen LogP contribution in [0.4, 0.5) is 0 Å². The van der Waals surface area contributed by atoms with Gasteiger partial charge < -0.3 is 18.9 Å². The number of unbranched alkanes of at least 4 members (excludes halogenated alkanes) is 3. The zero-order valence-electron chi connectivity index (χ0n) is 16.9. The van der Waals surface area contributed by atoms with E-state index in [-0.39, 0.29) is 31.1 Å². The average Bonchev–Trinajstić information content (AvgIpc) is 2.64. The van der Waals surface area contributed by atoms with E-state index in [0.29, 0.717) is 32.8 Å². The molecule has 0 bridgehead atoms. The molecule has 6 nitrogen and oxygen atoms in total. The summed E-state index contributed by atoms with van der Waals surface area (Å²) in [4.78, 5) is 23.2. The van der Waals surface area contributed by atoms with Crippen LogP contribution < -0.4 is 0 Å². The van der Waals surface area contributed by atoms with Crippen LogP contribution in [0.3, 0.4) is 0 Å². The minimum Gasteiger partial charge on any atom is -0.463 e. The minimum absolute atomic E-state index is 0.00275. The van der Waals surface area contributed by atoms with E-state index < -0.39 is 0 Å². The number of carbonyl (C=O) groups excluding carboxylic acids is 2. The van der Waals surface area contributed by atoms with E-state index in [1.807, 2.05) is 6.92 Å². The molecule has 0 rings (SSSR count). The topological polar surface area (TPSA) is 71.1 Å². The Morgan fingerprint density at radius 1 is 0.731 bits per heavy atom. The van der Waals surface area contributed by atoms with E-state index in [4.69, 9.17) is 18.9 Å². The van der Waals surface area contributed by atoms with Gasteiger partial charge in [-0.25, -0.2) is 0 Å². The van der Waals surface area contributed by atoms with Crippen molar-refractivity contribution in [2.24, 2.45) is 5.92 Å². The maximum atomic E-state index is 11.9. The van der Waals surface area contributed by atoms with Crippen LogP contribution in [0.15, 0.2) is 0 Å². The summed E-state index contributed by atoms with van der Waals surface area (Å²) in [5, 5.41) is 0. The molecule has 0 fully saturated rings. The van der Waals surface area contributed by atoms with E-state index in [9.17, 15) is 9.59 Å². The monoisotopic (exact) mass is 374 g/mol. The Labute approximate surface area is 158 Å². The molecular weight excluding hydrogens is 336 g/mol. The highest BCUT2D eigenvalue weighted by atomic mass is 16.6. The lowest BCUT2D eigenvalue weighted by molar-refractivity contribution is -0.151. The molecule has 154 valence electrons. The molecular formula is C20H38O6. The maximum absolute atomic E-state index is 11.9. The second-order valence-corrected chi connectivity index (χ2v) is 6.32. The van der Waals surface area contributed by atoms with Crippen molar-refractivity contribution in [3.63, 3.8) is 0 Å². The number of rotatable bonds is 18. The molecule has 1 atom stereocenters. The third-order valence-electron chi connectivity index (χ3n) is 4.05. The summed E-state index contributed by atoms with van der Waals surface area (Å²) in [6, 6.07) is 0. The Hall–Kier alpha value is -1.14. The predicted molar refractivity (Wildman–Crippen MR) is 101 cm³/mol. The summed E-state index contributed by atoms with van der Waals surface area (Å²) < 4.78 is 21.0. The summed E-state index contributed by atoms with van der Waals surface area (Å²) in [6.07, 6.45) is 7.35. The lowest BCUT2D eigenvalue weighted by atomic mass is 10.00. The van der Waals surface area contributed by atoms with Gasteiger partial charge >= 0.3 is 11.9 Å². The summed E-state index contributed by atoms with van der Waals surface area (Å²) in [7, 11) is 0. The molecule has 0 aromatic heterocycles. The Morgan fingerprint density at radius 2 is 1.31 bits per heavy atom. The van der Waals surface area contributed by atoms with Crippen LogP contribution in [0, 0.1) is 5.92 Å². The second-order valence-electron chi connectivity index (χ2n) is 6.32. The van der Waals surface area contributed by atoms with E-state index in [2.05, 4.69) is 13.8 Å². The van der Waals surface area contributed by atoms with E-state index >= 15 is 0 Å². The first-order valence-electron chi connectivity index (χ1n) is 10.1. The fourth-order valence-corrected chi connectivity index (χ4v) is 2.39. The number of esters is 2. The number of carbonyl (C=O) groups is 2. The molecule has 26 heavy (non-hydrogen) atoms. The lowest BCUT2D eigenvalue weighted by Crippen LogP contribution is -2.20. The predicted octanol–water partition coefficient (Wildman–Crippen LogP) is 3.90. The highest BCUT2D eigenvalue weighted by Gasteiger charge is 2.16. The van der Waals surface area contributed by atoms with Crippen molar-refractivity contribution in [1.29, 1.82) is 0 Å². The average molecular weight is 375 g/mol. The molecule has 0 aliphatic rings. The zero-order valence-corrected chi connectivity index (χ0v) is 16.9. The zero-order chi connectivity index (χ0) is 19.5. The molecule has 0 saturated carbocycles. The first-order valence-corrected chi connectivity index (χ1v) is 10.1. The van der Waals surface area contributed by atoms with Gasteiger partial charge in [0.15, 0.2) is 0 Å². The molecule has 0 amide bonds. The summed E-state index contributed by atoms with van der Waals surface area (Å²) in [5.74, 6) is -0.283. The standard InChI is InChI=1S/C20H38O6/c1-4-7-9-11-19(21)25-16-14-23-12-13-24-15-17-26-20(22)18(6-3)10-8-5-2/h18H,4-17H2,1-3H3. The fourth-order valence-electron chi connectivity index (χ4n) is 2.39. The molecule has 1 unspecified atom stereocenters. The van der Waals surface area contributed by atoms with Gasteiger partial charge in [-0.3, -0.25) is 9.59 Å². The van der Waals surface area contributed by atoms with Gasteiger partial charge in [0.2, 0.25) is 0 Å². The van der Waals surface area contributed by atoms with Crippen molar-refractivity contribution < 1.29 is 28.5 Å². The fraction of sp³-hybridized carbons (Fsp3) is 0.900. The molecule has 0 spiro atoms. The van der Waals surface area contributed by atoms with Crippen molar-refractivity contribution >= 4 is 11.9 Å². The van der Waals surface area contributed by atoms with Crippen LogP contribution in [0.25, 0.3) is 0 Å². The molecule has 0 radical (unpaired) electrons. The highest BCUT2D eigenvalue weighted by Crippen LogP contribution is 2.14. The van der Waals surface area contributed by atoms with Crippen LogP contribution in [0.1, 0.15) is 72.1 Å². The Balaban J connectivity index is 3.40. The van der Waals surface area contributed by atoms with Crippen LogP contribution in [0.2, 0.25) is 0 Å². The van der Waals surface area contributed by atoms with Gasteiger partial charge in [-0.2, -0.15) is 0 Å². The quantitative estimate of drug-likeness (QED) is 0.268. The van der Waals surface area contributed by atoms with Crippen molar-refractivity contribution in [1.82, 2.24) is 0 Å². The summed E-state index contributed by atoms with van der Waals surface area (Å²) in [6.45, 7) is 8.36. The van der Waals surface area contributed by atoms with Crippen molar-refractivity contribution in [2.75, 3.05) is 39.6 Å². The first-order chi connectivity index (χ1) is 12.7. The largest absolute Gasteiger partial charge is 0.463 e. The Bertz CT molecular complexity index is 345. The normalized spacial score (nSPS) is 12.0. The third-order valence-corrected chi connectivity index (χ3v) is 4.05. The van der Waals surface area contributed by atoms with E-state index in [0.717, 1.165) is 44.9 Å². The van der Waals surface area contributed by atoms with Crippen molar-refractivity contribution in [3.05, 3.63) is 0 Å². The van der Waals surface area contributed by atoms with Crippen molar-refractivity contribution in [2.45, 2.75) is 72.1 Å². The summed E-state index contributed by atoms with van der Waals surface area (Å²) in [5.41, 5.74) is 0. The molecule has 0 heterocycles. The van der Waals surface area contributed by atoms with Gasteiger partial charge in [0, 0.05) is 6.42 Å². The Morgan fingerprint density at radius 3 is 1.88 bits per heavy atom. The molecule has 0 aliphatic carbocycles. The van der Waals surface area contributed by atoms with Crippen LogP contribution in [-0.4, -0.2) is 51.6 Å². The SMILES string of the molecule is CCCCCC(=O)OCCOCCOCCOC(=O)C(CC)CCCC. The van der Waals surface area contributed by atoms with E-state index in [1.165, 1.54) is 0 Å². The third kappa shape index (κ3) is 15.1. The maximum Gasteiger partial charge on any atom is 0.308 e. The highest BCUT2D eigenvalue weighted by molar-refractivity contribution is 5.72. The van der Waals surface area contributed by atoms with Gasteiger partial charge in [-0.05, 0) is 19.3 Å². The first kappa shape index (κ1) is 24.9. The molecule has 0 aromatic rings.